The summed E-state index contributed by atoms with van der Waals surface area (Å²) in [7, 11) is 0. The molecule has 1 aliphatic heterocycles. The van der Waals surface area contributed by atoms with Crippen LogP contribution in [0.2, 0.25) is 0 Å². The monoisotopic (exact) mass is 303 g/mol. The van der Waals surface area contributed by atoms with E-state index in [0.29, 0.717) is 6.04 Å². The van der Waals surface area contributed by atoms with Crippen LogP contribution in [0.5, 0.6) is 0 Å². The summed E-state index contributed by atoms with van der Waals surface area (Å²) in [5.41, 5.74) is 1.17. The predicted octanol–water partition coefficient (Wildman–Crippen LogP) is 2.45. The van der Waals surface area contributed by atoms with E-state index in [0.717, 1.165) is 45.3 Å². The zero-order chi connectivity index (χ0) is 15.0. The second kappa shape index (κ2) is 8.61. The summed E-state index contributed by atoms with van der Waals surface area (Å²) in [6, 6.07) is 6.86. The van der Waals surface area contributed by atoms with Gasteiger partial charge in [0, 0.05) is 31.9 Å². The van der Waals surface area contributed by atoms with Gasteiger partial charge in [0.05, 0.1) is 12.3 Å². The van der Waals surface area contributed by atoms with E-state index in [1.54, 1.807) is 0 Å². The van der Waals surface area contributed by atoms with Crippen LogP contribution in [0, 0.1) is 5.92 Å². The standard InChI is InChI=1S/C18H29N3O/c1-2-10-20-17(4-1)14-21(12-13-22-15-16-6-7-16)18-5-3-9-19-11-8-18/h1-2,4,10,16,18-19H,3,5-9,11-15H2. The van der Waals surface area contributed by atoms with E-state index >= 15 is 0 Å². The molecule has 1 N–H and O–H groups in total. The van der Waals surface area contributed by atoms with E-state index in [2.05, 4.69) is 27.3 Å². The molecule has 0 aromatic carbocycles. The first-order valence-electron chi connectivity index (χ1n) is 8.84. The summed E-state index contributed by atoms with van der Waals surface area (Å²) in [5, 5.41) is 3.51. The van der Waals surface area contributed by atoms with E-state index in [9.17, 15) is 0 Å². The number of ether oxygens (including phenoxy) is 1. The lowest BCUT2D eigenvalue weighted by Crippen LogP contribution is -2.38. The molecule has 0 bridgehead atoms. The highest BCUT2D eigenvalue weighted by Crippen LogP contribution is 2.28. The van der Waals surface area contributed by atoms with Gasteiger partial charge >= 0.3 is 0 Å². The number of pyridine rings is 1. The number of hydrogen-bond acceptors (Lipinski definition) is 4. The van der Waals surface area contributed by atoms with Crippen molar-refractivity contribution in [3.63, 3.8) is 0 Å². The summed E-state index contributed by atoms with van der Waals surface area (Å²) in [6.07, 6.45) is 8.41. The fourth-order valence-electron chi connectivity index (χ4n) is 3.17. The van der Waals surface area contributed by atoms with Gasteiger partial charge in [-0.15, -0.1) is 0 Å². The van der Waals surface area contributed by atoms with Gasteiger partial charge in [-0.25, -0.2) is 0 Å². The van der Waals surface area contributed by atoms with E-state index in [4.69, 9.17) is 4.74 Å². The van der Waals surface area contributed by atoms with Gasteiger partial charge in [0.2, 0.25) is 0 Å². The highest BCUT2D eigenvalue weighted by atomic mass is 16.5. The summed E-state index contributed by atoms with van der Waals surface area (Å²) < 4.78 is 5.87. The second-order valence-corrected chi connectivity index (χ2v) is 6.64. The highest BCUT2D eigenvalue weighted by Gasteiger charge is 2.23. The molecule has 1 aromatic heterocycles. The van der Waals surface area contributed by atoms with Crippen LogP contribution in [-0.4, -0.2) is 48.8 Å². The third-order valence-electron chi connectivity index (χ3n) is 4.73. The van der Waals surface area contributed by atoms with Gasteiger partial charge in [-0.05, 0) is 63.2 Å². The van der Waals surface area contributed by atoms with Crippen molar-refractivity contribution in [2.24, 2.45) is 5.92 Å². The van der Waals surface area contributed by atoms with Gasteiger partial charge in [0.15, 0.2) is 0 Å². The molecule has 1 unspecified atom stereocenters. The fraction of sp³-hybridized carbons (Fsp3) is 0.722. The Balaban J connectivity index is 1.53. The Hall–Kier alpha value is -0.970. The lowest BCUT2D eigenvalue weighted by molar-refractivity contribution is 0.0733. The number of rotatable bonds is 8. The third-order valence-corrected chi connectivity index (χ3v) is 4.73. The van der Waals surface area contributed by atoms with Gasteiger partial charge in [0.25, 0.3) is 0 Å². The smallest absolute Gasteiger partial charge is 0.0593 e. The molecule has 3 rings (SSSR count). The highest BCUT2D eigenvalue weighted by molar-refractivity contribution is 5.03. The van der Waals surface area contributed by atoms with Crippen molar-refractivity contribution in [2.45, 2.75) is 44.7 Å². The van der Waals surface area contributed by atoms with Crippen molar-refractivity contribution in [3.8, 4) is 0 Å². The molecule has 0 radical (unpaired) electrons. The number of nitrogens with zero attached hydrogens (tertiary/aromatic N) is 2. The molecule has 4 heteroatoms. The Morgan fingerprint density at radius 3 is 2.95 bits per heavy atom. The molecule has 2 fully saturated rings. The summed E-state index contributed by atoms with van der Waals surface area (Å²) in [5.74, 6) is 0.853. The maximum atomic E-state index is 5.87. The maximum Gasteiger partial charge on any atom is 0.0593 e. The molecule has 1 saturated heterocycles. The minimum absolute atomic E-state index is 0.654. The largest absolute Gasteiger partial charge is 0.380 e. The van der Waals surface area contributed by atoms with Crippen molar-refractivity contribution in [2.75, 3.05) is 32.8 Å². The van der Waals surface area contributed by atoms with Gasteiger partial charge in [0.1, 0.15) is 0 Å². The molecular formula is C18H29N3O. The predicted molar refractivity (Wildman–Crippen MR) is 88.7 cm³/mol. The quantitative estimate of drug-likeness (QED) is 0.749. The molecule has 122 valence electrons. The van der Waals surface area contributed by atoms with Crippen molar-refractivity contribution in [3.05, 3.63) is 30.1 Å². The first kappa shape index (κ1) is 15.9. The van der Waals surface area contributed by atoms with Crippen LogP contribution < -0.4 is 5.32 Å². The molecule has 1 saturated carbocycles. The van der Waals surface area contributed by atoms with Crippen LogP contribution in [0.1, 0.15) is 37.8 Å². The Labute approximate surface area is 134 Å². The number of nitrogens with one attached hydrogen (secondary N) is 1. The van der Waals surface area contributed by atoms with Crippen LogP contribution in [0.25, 0.3) is 0 Å². The van der Waals surface area contributed by atoms with Gasteiger partial charge in [-0.1, -0.05) is 6.07 Å². The van der Waals surface area contributed by atoms with Crippen LogP contribution in [0.3, 0.4) is 0 Å². The first-order valence-corrected chi connectivity index (χ1v) is 8.84. The van der Waals surface area contributed by atoms with Gasteiger partial charge < -0.3 is 10.1 Å². The molecule has 22 heavy (non-hydrogen) atoms. The number of aromatic nitrogens is 1. The molecule has 1 atom stereocenters. The van der Waals surface area contributed by atoms with E-state index in [1.165, 1.54) is 37.8 Å². The fourth-order valence-corrected chi connectivity index (χ4v) is 3.17. The number of hydrogen-bond donors (Lipinski definition) is 1. The second-order valence-electron chi connectivity index (χ2n) is 6.64. The van der Waals surface area contributed by atoms with Crippen LogP contribution in [0.4, 0.5) is 0 Å². The summed E-state index contributed by atoms with van der Waals surface area (Å²) in [6.45, 7) is 6.07. The summed E-state index contributed by atoms with van der Waals surface area (Å²) in [4.78, 5) is 7.09. The Morgan fingerprint density at radius 2 is 2.14 bits per heavy atom. The third kappa shape index (κ3) is 5.34. The first-order chi connectivity index (χ1) is 10.9. The minimum atomic E-state index is 0.654. The Bertz CT molecular complexity index is 414. The molecular weight excluding hydrogens is 274 g/mol. The normalized spacial score (nSPS) is 22.7. The van der Waals surface area contributed by atoms with Gasteiger partial charge in [-0.3, -0.25) is 9.88 Å². The average Bonchev–Trinajstić information content (AvgIpc) is 3.38. The van der Waals surface area contributed by atoms with Gasteiger partial charge in [-0.2, -0.15) is 0 Å². The maximum absolute atomic E-state index is 5.87. The van der Waals surface area contributed by atoms with Crippen LogP contribution in [0.15, 0.2) is 24.4 Å². The Kier molecular flexibility index (Phi) is 6.22. The van der Waals surface area contributed by atoms with Crippen molar-refractivity contribution >= 4 is 0 Å². The zero-order valence-electron chi connectivity index (χ0n) is 13.5. The topological polar surface area (TPSA) is 37.4 Å². The lowest BCUT2D eigenvalue weighted by Gasteiger charge is -2.30. The van der Waals surface area contributed by atoms with E-state index in [-0.39, 0.29) is 0 Å². The van der Waals surface area contributed by atoms with Crippen molar-refractivity contribution < 1.29 is 4.74 Å². The Morgan fingerprint density at radius 1 is 1.18 bits per heavy atom. The SMILES string of the molecule is c1ccc(CN(CCOCC2CC2)C2CCCNCC2)nc1. The molecule has 2 heterocycles. The van der Waals surface area contributed by atoms with E-state index < -0.39 is 0 Å². The van der Waals surface area contributed by atoms with Crippen molar-refractivity contribution in [1.29, 1.82) is 0 Å². The zero-order valence-corrected chi connectivity index (χ0v) is 13.5. The van der Waals surface area contributed by atoms with E-state index in [1.807, 2.05) is 12.3 Å². The molecule has 2 aliphatic rings. The summed E-state index contributed by atoms with van der Waals surface area (Å²) >= 11 is 0. The molecule has 4 nitrogen and oxygen atoms in total. The molecule has 1 aliphatic carbocycles. The lowest BCUT2D eigenvalue weighted by atomic mass is 10.1. The van der Waals surface area contributed by atoms with Crippen molar-refractivity contribution in [1.82, 2.24) is 15.2 Å². The minimum Gasteiger partial charge on any atom is -0.380 e. The molecule has 0 amide bonds. The average molecular weight is 303 g/mol. The molecule has 0 spiro atoms. The molecule has 1 aromatic rings. The van der Waals surface area contributed by atoms with Crippen LogP contribution in [-0.2, 0) is 11.3 Å². The van der Waals surface area contributed by atoms with Crippen LogP contribution >= 0.6 is 0 Å².